The van der Waals surface area contributed by atoms with E-state index in [2.05, 4.69) is 29.8 Å². The van der Waals surface area contributed by atoms with E-state index in [0.717, 1.165) is 18.8 Å². The van der Waals surface area contributed by atoms with Crippen molar-refractivity contribution in [3.63, 3.8) is 0 Å². The molecule has 1 fully saturated rings. The molecule has 0 aromatic carbocycles. The van der Waals surface area contributed by atoms with Crippen molar-refractivity contribution in [1.82, 2.24) is 4.98 Å². The standard InChI is InChI=1S/C14H23N3/c1-11(15)13-6-5-12(9-16-13)17-8-4-7-14(2,3)10-17/h5-6,9,11H,4,7-8,10,15H2,1-3H3/t11-/m1/s1. The Hall–Kier alpha value is -1.09. The Kier molecular flexibility index (Phi) is 3.38. The molecule has 0 amide bonds. The number of nitrogens with two attached hydrogens (primary N) is 1. The quantitative estimate of drug-likeness (QED) is 0.854. The van der Waals surface area contributed by atoms with Crippen LogP contribution in [0.4, 0.5) is 5.69 Å². The molecule has 1 aromatic heterocycles. The smallest absolute Gasteiger partial charge is 0.0569 e. The summed E-state index contributed by atoms with van der Waals surface area (Å²) in [6, 6.07) is 4.20. The highest BCUT2D eigenvalue weighted by molar-refractivity contribution is 5.45. The average Bonchev–Trinajstić information content (AvgIpc) is 2.28. The van der Waals surface area contributed by atoms with Crippen LogP contribution in [0.3, 0.4) is 0 Å². The van der Waals surface area contributed by atoms with Crippen LogP contribution in [0, 0.1) is 5.41 Å². The molecule has 1 aromatic rings. The van der Waals surface area contributed by atoms with Crippen LogP contribution in [0.5, 0.6) is 0 Å². The highest BCUT2D eigenvalue weighted by Gasteiger charge is 2.26. The average molecular weight is 233 g/mol. The van der Waals surface area contributed by atoms with Crippen LogP contribution < -0.4 is 10.6 Å². The predicted molar refractivity (Wildman–Crippen MR) is 72.1 cm³/mol. The number of nitrogens with zero attached hydrogens (tertiary/aromatic N) is 2. The summed E-state index contributed by atoms with van der Waals surface area (Å²) in [6.45, 7) is 8.90. The highest BCUT2D eigenvalue weighted by Crippen LogP contribution is 2.31. The minimum atomic E-state index is 0.0156. The van der Waals surface area contributed by atoms with Crippen LogP contribution in [0.1, 0.15) is 45.3 Å². The van der Waals surface area contributed by atoms with Crippen molar-refractivity contribution >= 4 is 5.69 Å². The Morgan fingerprint density at radius 3 is 2.71 bits per heavy atom. The Morgan fingerprint density at radius 2 is 2.18 bits per heavy atom. The molecule has 3 nitrogen and oxygen atoms in total. The lowest BCUT2D eigenvalue weighted by Gasteiger charge is -2.39. The summed E-state index contributed by atoms with van der Waals surface area (Å²) in [6.07, 6.45) is 4.54. The minimum Gasteiger partial charge on any atom is -0.370 e. The van der Waals surface area contributed by atoms with E-state index in [0.29, 0.717) is 5.41 Å². The lowest BCUT2D eigenvalue weighted by molar-refractivity contribution is 0.293. The molecule has 0 unspecified atom stereocenters. The summed E-state index contributed by atoms with van der Waals surface area (Å²) in [5.74, 6) is 0. The number of aromatic nitrogens is 1. The van der Waals surface area contributed by atoms with Crippen molar-refractivity contribution in [3.05, 3.63) is 24.0 Å². The van der Waals surface area contributed by atoms with Gasteiger partial charge in [-0.15, -0.1) is 0 Å². The molecular formula is C14H23N3. The molecule has 0 radical (unpaired) electrons. The lowest BCUT2D eigenvalue weighted by Crippen LogP contribution is -2.40. The number of anilines is 1. The van der Waals surface area contributed by atoms with E-state index in [-0.39, 0.29) is 6.04 Å². The van der Waals surface area contributed by atoms with Crippen molar-refractivity contribution in [1.29, 1.82) is 0 Å². The van der Waals surface area contributed by atoms with Crippen LogP contribution in [-0.4, -0.2) is 18.1 Å². The highest BCUT2D eigenvalue weighted by atomic mass is 15.1. The molecule has 1 aliphatic heterocycles. The van der Waals surface area contributed by atoms with E-state index < -0.39 is 0 Å². The number of pyridine rings is 1. The van der Waals surface area contributed by atoms with Gasteiger partial charge >= 0.3 is 0 Å². The Balaban J connectivity index is 2.12. The summed E-state index contributed by atoms with van der Waals surface area (Å²) < 4.78 is 0. The van der Waals surface area contributed by atoms with Gasteiger partial charge in [-0.2, -0.15) is 0 Å². The van der Waals surface area contributed by atoms with Crippen molar-refractivity contribution in [2.45, 2.75) is 39.7 Å². The second-order valence-electron chi connectivity index (χ2n) is 5.92. The van der Waals surface area contributed by atoms with Gasteiger partial charge in [0.15, 0.2) is 0 Å². The molecule has 0 aliphatic carbocycles. The third-order valence-corrected chi connectivity index (χ3v) is 3.50. The molecule has 3 heteroatoms. The normalized spacial score (nSPS) is 21.3. The number of piperidine rings is 1. The van der Waals surface area contributed by atoms with Crippen molar-refractivity contribution in [2.24, 2.45) is 11.1 Å². The Morgan fingerprint density at radius 1 is 1.41 bits per heavy atom. The predicted octanol–water partition coefficient (Wildman–Crippen LogP) is 2.73. The van der Waals surface area contributed by atoms with E-state index in [1.54, 1.807) is 0 Å². The van der Waals surface area contributed by atoms with Gasteiger partial charge in [0.1, 0.15) is 0 Å². The van der Waals surface area contributed by atoms with Crippen LogP contribution in [0.2, 0.25) is 0 Å². The molecule has 0 bridgehead atoms. The first-order valence-electron chi connectivity index (χ1n) is 6.44. The first kappa shape index (κ1) is 12.4. The minimum absolute atomic E-state index is 0.0156. The Labute approximate surface area is 104 Å². The summed E-state index contributed by atoms with van der Waals surface area (Å²) in [5.41, 5.74) is 8.41. The summed E-state index contributed by atoms with van der Waals surface area (Å²) in [5, 5.41) is 0. The van der Waals surface area contributed by atoms with Crippen molar-refractivity contribution in [2.75, 3.05) is 18.0 Å². The number of hydrogen-bond acceptors (Lipinski definition) is 3. The third kappa shape index (κ3) is 2.97. The molecule has 0 saturated carbocycles. The van der Waals surface area contributed by atoms with Gasteiger partial charge in [0.2, 0.25) is 0 Å². The molecule has 2 heterocycles. The monoisotopic (exact) mass is 233 g/mol. The zero-order chi connectivity index (χ0) is 12.5. The van der Waals surface area contributed by atoms with Gasteiger partial charge in [0.25, 0.3) is 0 Å². The molecule has 1 aliphatic rings. The van der Waals surface area contributed by atoms with Crippen LogP contribution in [0.25, 0.3) is 0 Å². The third-order valence-electron chi connectivity index (χ3n) is 3.50. The first-order chi connectivity index (χ1) is 7.98. The van der Waals surface area contributed by atoms with Gasteiger partial charge in [-0.1, -0.05) is 13.8 Å². The van der Waals surface area contributed by atoms with Gasteiger partial charge in [0.05, 0.1) is 17.6 Å². The van der Waals surface area contributed by atoms with Gasteiger partial charge in [-0.05, 0) is 37.3 Å². The second-order valence-corrected chi connectivity index (χ2v) is 5.92. The molecule has 1 atom stereocenters. The fourth-order valence-corrected chi connectivity index (χ4v) is 2.50. The second kappa shape index (κ2) is 4.65. The Bertz CT molecular complexity index is 368. The van der Waals surface area contributed by atoms with E-state index in [4.69, 9.17) is 5.73 Å². The fraction of sp³-hybridized carbons (Fsp3) is 0.643. The maximum atomic E-state index is 5.81. The van der Waals surface area contributed by atoms with E-state index in [1.165, 1.54) is 18.5 Å². The zero-order valence-corrected chi connectivity index (χ0v) is 11.1. The van der Waals surface area contributed by atoms with E-state index >= 15 is 0 Å². The molecule has 2 rings (SSSR count). The van der Waals surface area contributed by atoms with Crippen LogP contribution in [0.15, 0.2) is 18.3 Å². The van der Waals surface area contributed by atoms with Crippen LogP contribution >= 0.6 is 0 Å². The van der Waals surface area contributed by atoms with Crippen LogP contribution in [-0.2, 0) is 0 Å². The topological polar surface area (TPSA) is 42.1 Å². The summed E-state index contributed by atoms with van der Waals surface area (Å²) in [7, 11) is 0. The summed E-state index contributed by atoms with van der Waals surface area (Å²) >= 11 is 0. The fourth-order valence-electron chi connectivity index (χ4n) is 2.50. The van der Waals surface area contributed by atoms with E-state index in [9.17, 15) is 0 Å². The zero-order valence-electron chi connectivity index (χ0n) is 11.1. The van der Waals surface area contributed by atoms with Crippen molar-refractivity contribution in [3.8, 4) is 0 Å². The molecule has 0 spiro atoms. The SMILES string of the molecule is C[C@@H](N)c1ccc(N2CCCC(C)(C)C2)cn1. The van der Waals surface area contributed by atoms with Gasteiger partial charge in [-0.3, -0.25) is 4.98 Å². The largest absolute Gasteiger partial charge is 0.370 e. The van der Waals surface area contributed by atoms with Gasteiger partial charge in [-0.25, -0.2) is 0 Å². The maximum Gasteiger partial charge on any atom is 0.0569 e. The molecule has 1 saturated heterocycles. The van der Waals surface area contributed by atoms with Gasteiger partial charge in [0, 0.05) is 19.1 Å². The molecular weight excluding hydrogens is 210 g/mol. The number of rotatable bonds is 2. The maximum absolute atomic E-state index is 5.81. The lowest BCUT2D eigenvalue weighted by atomic mass is 9.84. The molecule has 2 N–H and O–H groups in total. The van der Waals surface area contributed by atoms with E-state index in [1.807, 2.05) is 19.2 Å². The summed E-state index contributed by atoms with van der Waals surface area (Å²) in [4.78, 5) is 6.87. The molecule has 94 valence electrons. The van der Waals surface area contributed by atoms with Gasteiger partial charge < -0.3 is 10.6 Å². The first-order valence-corrected chi connectivity index (χ1v) is 6.44. The number of hydrogen-bond donors (Lipinski definition) is 1. The molecule has 17 heavy (non-hydrogen) atoms. The van der Waals surface area contributed by atoms with Crippen molar-refractivity contribution < 1.29 is 0 Å².